The van der Waals surface area contributed by atoms with Crippen molar-refractivity contribution < 1.29 is 0 Å². The zero-order valence-corrected chi connectivity index (χ0v) is 12.3. The smallest absolute Gasteiger partial charge is 0.158 e. The third-order valence-corrected chi connectivity index (χ3v) is 3.43. The van der Waals surface area contributed by atoms with Crippen molar-refractivity contribution in [2.24, 2.45) is 0 Å². The second kappa shape index (κ2) is 5.36. The molecule has 3 aromatic rings. The van der Waals surface area contributed by atoms with Gasteiger partial charge in [-0.25, -0.2) is 4.98 Å². The molecule has 5 heteroatoms. The van der Waals surface area contributed by atoms with E-state index >= 15 is 0 Å². The van der Waals surface area contributed by atoms with Crippen molar-refractivity contribution in [3.05, 3.63) is 54.1 Å². The normalized spacial score (nSPS) is 10.6. The van der Waals surface area contributed by atoms with Gasteiger partial charge in [0, 0.05) is 36.8 Å². The molecule has 0 amide bonds. The highest BCUT2D eigenvalue weighted by molar-refractivity contribution is 5.78. The van der Waals surface area contributed by atoms with Gasteiger partial charge in [-0.15, -0.1) is 0 Å². The van der Waals surface area contributed by atoms with Gasteiger partial charge in [0.25, 0.3) is 0 Å². The summed E-state index contributed by atoms with van der Waals surface area (Å²) in [5, 5.41) is 7.89. The van der Waals surface area contributed by atoms with Crippen molar-refractivity contribution in [1.29, 1.82) is 0 Å². The summed E-state index contributed by atoms with van der Waals surface area (Å²) >= 11 is 0. The van der Waals surface area contributed by atoms with Gasteiger partial charge >= 0.3 is 0 Å². The predicted octanol–water partition coefficient (Wildman–Crippen LogP) is 2.99. The number of rotatable bonds is 3. The maximum Gasteiger partial charge on any atom is 0.158 e. The van der Waals surface area contributed by atoms with Gasteiger partial charge in [0.15, 0.2) is 5.82 Å². The minimum absolute atomic E-state index is 0.833. The molecule has 3 rings (SSSR count). The highest BCUT2D eigenvalue weighted by atomic mass is 15.4. The molecule has 3 heterocycles. The Kier molecular flexibility index (Phi) is 3.39. The molecule has 0 unspecified atom stereocenters. The maximum absolute atomic E-state index is 4.65. The Balaban J connectivity index is 2.24. The highest BCUT2D eigenvalue weighted by Crippen LogP contribution is 2.32. The quantitative estimate of drug-likeness (QED) is 0.800. The molecular formula is C16H17N5. The van der Waals surface area contributed by atoms with Crippen molar-refractivity contribution in [3.8, 4) is 16.9 Å². The Morgan fingerprint density at radius 1 is 1.10 bits per heavy atom. The second-order valence-electron chi connectivity index (χ2n) is 4.86. The number of aromatic nitrogens is 4. The van der Waals surface area contributed by atoms with Crippen LogP contribution in [0.25, 0.3) is 16.9 Å². The lowest BCUT2D eigenvalue weighted by molar-refractivity contribution is 0.829. The van der Waals surface area contributed by atoms with Crippen LogP contribution in [0.1, 0.15) is 11.3 Å². The van der Waals surface area contributed by atoms with Gasteiger partial charge < -0.3 is 5.32 Å². The molecular weight excluding hydrogens is 262 g/mol. The SMILES string of the molecule is CNc1c(-c2cccnc2)c(C)nn1-c1ncccc1C. The van der Waals surface area contributed by atoms with E-state index in [0.717, 1.165) is 34.0 Å². The van der Waals surface area contributed by atoms with Gasteiger partial charge in [0.2, 0.25) is 0 Å². The van der Waals surface area contributed by atoms with Crippen LogP contribution < -0.4 is 5.32 Å². The first-order chi connectivity index (χ1) is 10.2. The van der Waals surface area contributed by atoms with E-state index < -0.39 is 0 Å². The second-order valence-corrected chi connectivity index (χ2v) is 4.86. The van der Waals surface area contributed by atoms with E-state index in [4.69, 9.17) is 0 Å². The van der Waals surface area contributed by atoms with Crippen molar-refractivity contribution in [2.75, 3.05) is 12.4 Å². The molecule has 0 atom stereocenters. The molecule has 0 bridgehead atoms. The Hall–Kier alpha value is -2.69. The highest BCUT2D eigenvalue weighted by Gasteiger charge is 2.18. The molecule has 106 valence electrons. The number of pyridine rings is 2. The molecule has 1 N–H and O–H groups in total. The van der Waals surface area contributed by atoms with Gasteiger partial charge in [-0.1, -0.05) is 12.1 Å². The number of hydrogen-bond acceptors (Lipinski definition) is 4. The summed E-state index contributed by atoms with van der Waals surface area (Å²) in [6.07, 6.45) is 5.40. The van der Waals surface area contributed by atoms with E-state index in [0.29, 0.717) is 0 Å². The molecule has 0 aromatic carbocycles. The number of anilines is 1. The minimum Gasteiger partial charge on any atom is -0.372 e. The van der Waals surface area contributed by atoms with Crippen LogP contribution in [0, 0.1) is 13.8 Å². The number of nitrogens with one attached hydrogen (secondary N) is 1. The molecule has 21 heavy (non-hydrogen) atoms. The van der Waals surface area contributed by atoms with Crippen molar-refractivity contribution in [2.45, 2.75) is 13.8 Å². The fraction of sp³-hybridized carbons (Fsp3) is 0.188. The topological polar surface area (TPSA) is 55.6 Å². The van der Waals surface area contributed by atoms with Crippen LogP contribution in [0.15, 0.2) is 42.9 Å². The summed E-state index contributed by atoms with van der Waals surface area (Å²) < 4.78 is 1.85. The fourth-order valence-electron chi connectivity index (χ4n) is 2.47. The Morgan fingerprint density at radius 2 is 1.90 bits per heavy atom. The van der Waals surface area contributed by atoms with E-state index in [1.807, 2.05) is 56.0 Å². The molecule has 0 radical (unpaired) electrons. The first-order valence-electron chi connectivity index (χ1n) is 6.82. The van der Waals surface area contributed by atoms with E-state index in [9.17, 15) is 0 Å². The molecule has 0 fully saturated rings. The third-order valence-electron chi connectivity index (χ3n) is 3.43. The zero-order valence-electron chi connectivity index (χ0n) is 12.3. The largest absolute Gasteiger partial charge is 0.372 e. The Morgan fingerprint density at radius 3 is 2.57 bits per heavy atom. The number of aryl methyl sites for hydroxylation is 2. The Labute approximate surface area is 123 Å². The summed E-state index contributed by atoms with van der Waals surface area (Å²) in [4.78, 5) is 8.65. The lowest BCUT2D eigenvalue weighted by Crippen LogP contribution is -2.06. The van der Waals surface area contributed by atoms with Crippen LogP contribution >= 0.6 is 0 Å². The molecule has 5 nitrogen and oxygen atoms in total. The van der Waals surface area contributed by atoms with Crippen LogP contribution in [-0.2, 0) is 0 Å². The molecule has 0 spiro atoms. The van der Waals surface area contributed by atoms with Gasteiger partial charge in [-0.05, 0) is 31.5 Å². The number of hydrogen-bond donors (Lipinski definition) is 1. The molecule has 0 saturated carbocycles. The van der Waals surface area contributed by atoms with E-state index in [1.54, 1.807) is 12.4 Å². The van der Waals surface area contributed by atoms with Gasteiger partial charge in [-0.2, -0.15) is 9.78 Å². The van der Waals surface area contributed by atoms with Crippen molar-refractivity contribution >= 4 is 5.82 Å². The average molecular weight is 279 g/mol. The minimum atomic E-state index is 0.833. The van der Waals surface area contributed by atoms with Crippen LogP contribution in [0.2, 0.25) is 0 Å². The van der Waals surface area contributed by atoms with E-state index in [-0.39, 0.29) is 0 Å². The zero-order chi connectivity index (χ0) is 14.8. The van der Waals surface area contributed by atoms with Gasteiger partial charge in [0.05, 0.1) is 5.69 Å². The molecule has 3 aromatic heterocycles. The van der Waals surface area contributed by atoms with E-state index in [1.165, 1.54) is 0 Å². The Bertz CT molecular complexity index is 762. The summed E-state index contributed by atoms with van der Waals surface area (Å²) in [7, 11) is 1.89. The predicted molar refractivity (Wildman–Crippen MR) is 83.6 cm³/mol. The van der Waals surface area contributed by atoms with Crippen LogP contribution in [0.4, 0.5) is 5.82 Å². The van der Waals surface area contributed by atoms with Crippen LogP contribution in [-0.4, -0.2) is 26.8 Å². The summed E-state index contributed by atoms with van der Waals surface area (Å²) in [6, 6.07) is 7.92. The average Bonchev–Trinajstić information content (AvgIpc) is 2.85. The van der Waals surface area contributed by atoms with E-state index in [2.05, 4.69) is 20.4 Å². The summed E-state index contributed by atoms with van der Waals surface area (Å²) in [6.45, 7) is 4.03. The first kappa shape index (κ1) is 13.3. The third kappa shape index (κ3) is 2.27. The fourth-order valence-corrected chi connectivity index (χ4v) is 2.47. The lowest BCUT2D eigenvalue weighted by atomic mass is 10.1. The van der Waals surface area contributed by atoms with Crippen molar-refractivity contribution in [3.63, 3.8) is 0 Å². The van der Waals surface area contributed by atoms with Gasteiger partial charge in [0.1, 0.15) is 5.82 Å². The van der Waals surface area contributed by atoms with Gasteiger partial charge in [-0.3, -0.25) is 4.98 Å². The first-order valence-corrected chi connectivity index (χ1v) is 6.82. The van der Waals surface area contributed by atoms with Crippen LogP contribution in [0.5, 0.6) is 0 Å². The summed E-state index contributed by atoms with van der Waals surface area (Å²) in [5.74, 6) is 1.75. The molecule has 0 aliphatic heterocycles. The molecule has 0 aliphatic carbocycles. The van der Waals surface area contributed by atoms with Crippen molar-refractivity contribution in [1.82, 2.24) is 19.7 Å². The maximum atomic E-state index is 4.65. The lowest BCUT2D eigenvalue weighted by Gasteiger charge is -2.10. The molecule has 0 aliphatic rings. The monoisotopic (exact) mass is 279 g/mol. The number of nitrogens with zero attached hydrogens (tertiary/aromatic N) is 4. The van der Waals surface area contributed by atoms with Crippen LogP contribution in [0.3, 0.4) is 0 Å². The summed E-state index contributed by atoms with van der Waals surface area (Å²) in [5.41, 5.74) is 4.11. The standard InChI is InChI=1S/C16H17N5/c1-11-6-4-9-19-15(11)21-16(17-3)14(12(2)20-21)13-7-5-8-18-10-13/h4-10,17H,1-3H3. The molecule has 0 saturated heterocycles.